The molecule has 3 aromatic carbocycles. The van der Waals surface area contributed by atoms with Crippen molar-refractivity contribution in [2.45, 2.75) is 13.2 Å². The molecule has 0 radical (unpaired) electrons. The van der Waals surface area contributed by atoms with Gasteiger partial charge in [-0.1, -0.05) is 72.8 Å². The highest BCUT2D eigenvalue weighted by atomic mass is 16.5. The van der Waals surface area contributed by atoms with E-state index in [1.54, 1.807) is 24.4 Å². The van der Waals surface area contributed by atoms with Gasteiger partial charge in [-0.3, -0.25) is 4.79 Å². The van der Waals surface area contributed by atoms with Crippen molar-refractivity contribution in [3.8, 4) is 11.5 Å². The first-order valence-corrected chi connectivity index (χ1v) is 10.6. The second-order valence-electron chi connectivity index (χ2n) is 7.29. The lowest BCUT2D eigenvalue weighted by molar-refractivity contribution is -0.111. The summed E-state index contributed by atoms with van der Waals surface area (Å²) in [5, 5.41) is 2.78. The summed E-state index contributed by atoms with van der Waals surface area (Å²) in [7, 11) is 0. The van der Waals surface area contributed by atoms with Crippen LogP contribution in [-0.4, -0.2) is 10.9 Å². The van der Waals surface area contributed by atoms with E-state index >= 15 is 0 Å². The van der Waals surface area contributed by atoms with Crippen LogP contribution in [-0.2, 0) is 18.0 Å². The van der Waals surface area contributed by atoms with Gasteiger partial charge in [0, 0.05) is 12.3 Å². The molecular weight excluding hydrogens is 412 g/mol. The molecule has 0 spiro atoms. The van der Waals surface area contributed by atoms with E-state index < -0.39 is 0 Å². The maximum atomic E-state index is 12.4. The van der Waals surface area contributed by atoms with E-state index in [0.29, 0.717) is 24.8 Å². The number of ether oxygens (including phenoxy) is 2. The van der Waals surface area contributed by atoms with Gasteiger partial charge in [-0.15, -0.1) is 0 Å². The molecule has 4 rings (SSSR count). The van der Waals surface area contributed by atoms with Crippen molar-refractivity contribution < 1.29 is 14.3 Å². The van der Waals surface area contributed by atoms with Gasteiger partial charge in [0.15, 0.2) is 11.6 Å². The molecule has 0 aliphatic heterocycles. The number of nitrogens with zero attached hydrogens (tertiary/aromatic N) is 1. The molecule has 5 nitrogen and oxygen atoms in total. The topological polar surface area (TPSA) is 60.5 Å². The average Bonchev–Trinajstić information content (AvgIpc) is 2.87. The number of carbonyl (C=O) groups excluding carboxylic acids is 1. The Hall–Kier alpha value is -4.38. The van der Waals surface area contributed by atoms with Crippen molar-refractivity contribution in [1.29, 1.82) is 0 Å². The van der Waals surface area contributed by atoms with E-state index in [-0.39, 0.29) is 5.91 Å². The average molecular weight is 437 g/mol. The van der Waals surface area contributed by atoms with Crippen LogP contribution in [0, 0.1) is 0 Å². The third-order valence-electron chi connectivity index (χ3n) is 4.81. The second-order valence-corrected chi connectivity index (χ2v) is 7.29. The predicted molar refractivity (Wildman–Crippen MR) is 130 cm³/mol. The first-order valence-electron chi connectivity index (χ1n) is 10.6. The Labute approximate surface area is 193 Å². The van der Waals surface area contributed by atoms with Crippen molar-refractivity contribution in [3.63, 3.8) is 0 Å². The van der Waals surface area contributed by atoms with E-state index in [1.165, 1.54) is 6.08 Å². The minimum atomic E-state index is -0.289. The molecule has 4 aromatic rings. The van der Waals surface area contributed by atoms with Gasteiger partial charge in [-0.05, 0) is 47.0 Å². The number of amides is 1. The van der Waals surface area contributed by atoms with Gasteiger partial charge in [0.2, 0.25) is 5.91 Å². The number of hydrogen-bond donors (Lipinski definition) is 1. The first kappa shape index (κ1) is 21.8. The standard InChI is InChI=1S/C28H24N2O3/c31-27(30-28-26(12-7-19-29-28)33-21-24-10-5-2-6-11-24)18-15-22-13-16-25(17-14-22)32-20-23-8-3-1-4-9-23/h1-19H,20-21H2,(H,29,30,31)/b18-15+. The Morgan fingerprint density at radius 3 is 2.06 bits per heavy atom. The zero-order valence-corrected chi connectivity index (χ0v) is 18.1. The first-order chi connectivity index (χ1) is 16.3. The molecular formula is C28H24N2O3. The van der Waals surface area contributed by atoms with E-state index in [0.717, 1.165) is 22.4 Å². The molecule has 33 heavy (non-hydrogen) atoms. The van der Waals surface area contributed by atoms with Crippen LogP contribution < -0.4 is 14.8 Å². The lowest BCUT2D eigenvalue weighted by Gasteiger charge is -2.10. The van der Waals surface area contributed by atoms with Crippen molar-refractivity contribution >= 4 is 17.8 Å². The number of hydrogen-bond acceptors (Lipinski definition) is 4. The Balaban J connectivity index is 1.31. The van der Waals surface area contributed by atoms with Gasteiger partial charge in [0.25, 0.3) is 0 Å². The van der Waals surface area contributed by atoms with Crippen LogP contribution in [0.2, 0.25) is 0 Å². The Bertz CT molecular complexity index is 1190. The van der Waals surface area contributed by atoms with Crippen LogP contribution in [0.4, 0.5) is 5.82 Å². The molecule has 164 valence electrons. The molecule has 0 aliphatic carbocycles. The minimum Gasteiger partial charge on any atom is -0.489 e. The summed E-state index contributed by atoms with van der Waals surface area (Å²) in [5.41, 5.74) is 3.04. The summed E-state index contributed by atoms with van der Waals surface area (Å²) in [6.07, 6.45) is 4.82. The number of nitrogens with one attached hydrogen (secondary N) is 1. The quantitative estimate of drug-likeness (QED) is 0.332. The molecule has 0 atom stereocenters. The fraction of sp³-hybridized carbons (Fsp3) is 0.0714. The van der Waals surface area contributed by atoms with Crippen LogP contribution in [0.1, 0.15) is 16.7 Å². The van der Waals surface area contributed by atoms with Gasteiger partial charge in [0.05, 0.1) is 0 Å². The molecule has 0 aliphatic rings. The lowest BCUT2D eigenvalue weighted by Crippen LogP contribution is -2.11. The zero-order chi connectivity index (χ0) is 22.7. The van der Waals surface area contributed by atoms with Crippen LogP contribution in [0.5, 0.6) is 11.5 Å². The Morgan fingerprint density at radius 2 is 1.39 bits per heavy atom. The maximum Gasteiger partial charge on any atom is 0.249 e. The number of carbonyl (C=O) groups is 1. The highest BCUT2D eigenvalue weighted by Gasteiger charge is 2.07. The van der Waals surface area contributed by atoms with Gasteiger partial charge in [-0.25, -0.2) is 4.98 Å². The summed E-state index contributed by atoms with van der Waals surface area (Å²) in [5.74, 6) is 1.38. The van der Waals surface area contributed by atoms with Crippen LogP contribution >= 0.6 is 0 Å². The fourth-order valence-corrected chi connectivity index (χ4v) is 3.08. The van der Waals surface area contributed by atoms with Crippen molar-refractivity contribution in [1.82, 2.24) is 4.98 Å². The molecule has 1 amide bonds. The van der Waals surface area contributed by atoms with Crippen LogP contribution in [0.25, 0.3) is 6.08 Å². The highest BCUT2D eigenvalue weighted by molar-refractivity contribution is 6.02. The number of pyridine rings is 1. The van der Waals surface area contributed by atoms with Gasteiger partial charge in [0.1, 0.15) is 19.0 Å². The summed E-state index contributed by atoms with van der Waals surface area (Å²) in [4.78, 5) is 16.7. The van der Waals surface area contributed by atoms with Gasteiger partial charge >= 0.3 is 0 Å². The van der Waals surface area contributed by atoms with E-state index in [2.05, 4.69) is 10.3 Å². The fourth-order valence-electron chi connectivity index (χ4n) is 3.08. The lowest BCUT2D eigenvalue weighted by atomic mass is 10.2. The summed E-state index contributed by atoms with van der Waals surface area (Å²) in [6.45, 7) is 0.904. The van der Waals surface area contributed by atoms with Gasteiger partial charge < -0.3 is 14.8 Å². The number of rotatable bonds is 9. The maximum absolute atomic E-state index is 12.4. The summed E-state index contributed by atoms with van der Waals surface area (Å²) < 4.78 is 11.6. The van der Waals surface area contributed by atoms with Crippen LogP contribution in [0.15, 0.2) is 109 Å². The predicted octanol–water partition coefficient (Wildman–Crippen LogP) is 5.89. The third-order valence-corrected chi connectivity index (χ3v) is 4.81. The monoisotopic (exact) mass is 436 g/mol. The summed E-state index contributed by atoms with van der Waals surface area (Å²) >= 11 is 0. The molecule has 0 unspecified atom stereocenters. The number of benzene rings is 3. The second kappa shape index (κ2) is 11.3. The SMILES string of the molecule is O=C(/C=C/c1ccc(OCc2ccccc2)cc1)Nc1ncccc1OCc1ccccc1. The molecule has 0 bridgehead atoms. The molecule has 1 heterocycles. The van der Waals surface area contributed by atoms with Crippen molar-refractivity contribution in [2.24, 2.45) is 0 Å². The third kappa shape index (κ3) is 6.80. The van der Waals surface area contributed by atoms with Crippen molar-refractivity contribution in [2.75, 3.05) is 5.32 Å². The molecule has 0 saturated carbocycles. The zero-order valence-electron chi connectivity index (χ0n) is 18.1. The number of aromatic nitrogens is 1. The van der Waals surface area contributed by atoms with Crippen molar-refractivity contribution in [3.05, 3.63) is 126 Å². The normalized spacial score (nSPS) is 10.7. The van der Waals surface area contributed by atoms with Gasteiger partial charge in [-0.2, -0.15) is 0 Å². The Morgan fingerprint density at radius 1 is 0.758 bits per heavy atom. The summed E-state index contributed by atoms with van der Waals surface area (Å²) in [6, 6.07) is 31.0. The smallest absolute Gasteiger partial charge is 0.249 e. The van der Waals surface area contributed by atoms with Crippen LogP contribution in [0.3, 0.4) is 0 Å². The van der Waals surface area contributed by atoms with E-state index in [9.17, 15) is 4.79 Å². The molecule has 1 aromatic heterocycles. The Kier molecular flexibility index (Phi) is 7.48. The van der Waals surface area contributed by atoms with E-state index in [4.69, 9.17) is 9.47 Å². The molecule has 1 N–H and O–H groups in total. The minimum absolute atomic E-state index is 0.289. The van der Waals surface area contributed by atoms with E-state index in [1.807, 2.05) is 84.9 Å². The number of anilines is 1. The highest BCUT2D eigenvalue weighted by Crippen LogP contribution is 2.22. The molecule has 0 saturated heterocycles. The molecule has 5 heteroatoms. The molecule has 0 fully saturated rings. The largest absolute Gasteiger partial charge is 0.489 e.